The lowest BCUT2D eigenvalue weighted by atomic mass is 9.94. The fourth-order valence-corrected chi connectivity index (χ4v) is 3.26. The number of aromatic hydroxyl groups is 1. The van der Waals surface area contributed by atoms with Crippen LogP contribution in [-0.4, -0.2) is 42.4 Å². The van der Waals surface area contributed by atoms with Crippen molar-refractivity contribution >= 4 is 35.6 Å². The van der Waals surface area contributed by atoms with Crippen LogP contribution in [0.2, 0.25) is 0 Å². The SMILES string of the molecule is Cl.Cl.Oc1ccc2ccccc2c1[C@@H](CC(F)(F)F)N1CCNCC1. The van der Waals surface area contributed by atoms with Crippen LogP contribution in [0.25, 0.3) is 10.8 Å². The van der Waals surface area contributed by atoms with Gasteiger partial charge in [-0.1, -0.05) is 30.3 Å². The maximum Gasteiger partial charge on any atom is 0.390 e. The summed E-state index contributed by atoms with van der Waals surface area (Å²) in [7, 11) is 0. The van der Waals surface area contributed by atoms with E-state index in [9.17, 15) is 18.3 Å². The average molecular weight is 397 g/mol. The van der Waals surface area contributed by atoms with E-state index in [1.54, 1.807) is 18.2 Å². The normalized spacial score (nSPS) is 16.8. The predicted molar refractivity (Wildman–Crippen MR) is 98.0 cm³/mol. The number of fused-ring (bicyclic) bond motifs is 1. The lowest BCUT2D eigenvalue weighted by molar-refractivity contribution is -0.148. The third-order valence-electron chi connectivity index (χ3n) is 4.30. The molecule has 0 bridgehead atoms. The molecule has 0 amide bonds. The van der Waals surface area contributed by atoms with Crippen LogP contribution in [0.15, 0.2) is 36.4 Å². The minimum atomic E-state index is -4.29. The van der Waals surface area contributed by atoms with Gasteiger partial charge in [-0.25, -0.2) is 0 Å². The molecule has 0 radical (unpaired) electrons. The van der Waals surface area contributed by atoms with Gasteiger partial charge in [0.25, 0.3) is 0 Å². The summed E-state index contributed by atoms with van der Waals surface area (Å²) in [5.74, 6) is -0.0727. The number of piperazine rings is 1. The highest BCUT2D eigenvalue weighted by atomic mass is 35.5. The van der Waals surface area contributed by atoms with Gasteiger partial charge in [0, 0.05) is 37.8 Å². The van der Waals surface area contributed by atoms with Gasteiger partial charge in [-0.3, -0.25) is 4.90 Å². The highest BCUT2D eigenvalue weighted by Crippen LogP contribution is 2.41. The first-order valence-electron chi connectivity index (χ1n) is 7.68. The van der Waals surface area contributed by atoms with Gasteiger partial charge in [0.15, 0.2) is 0 Å². The summed E-state index contributed by atoms with van der Waals surface area (Å²) in [6.45, 7) is 2.37. The second-order valence-corrected chi connectivity index (χ2v) is 5.84. The van der Waals surface area contributed by atoms with Crippen molar-refractivity contribution in [1.82, 2.24) is 10.2 Å². The van der Waals surface area contributed by atoms with Gasteiger partial charge in [-0.2, -0.15) is 13.2 Å². The number of phenols is 1. The Morgan fingerprint density at radius 2 is 1.68 bits per heavy atom. The number of alkyl halides is 3. The van der Waals surface area contributed by atoms with E-state index in [2.05, 4.69) is 5.32 Å². The third kappa shape index (κ3) is 5.14. The van der Waals surface area contributed by atoms with Crippen molar-refractivity contribution in [3.63, 3.8) is 0 Å². The summed E-state index contributed by atoms with van der Waals surface area (Å²) in [6.07, 6.45) is -5.26. The Balaban J connectivity index is 0.00000156. The maximum absolute atomic E-state index is 13.2. The Labute approximate surface area is 157 Å². The van der Waals surface area contributed by atoms with E-state index < -0.39 is 18.6 Å². The molecule has 0 spiro atoms. The zero-order valence-electron chi connectivity index (χ0n) is 13.4. The van der Waals surface area contributed by atoms with Crippen LogP contribution in [0.4, 0.5) is 13.2 Å². The Kier molecular flexibility index (Phi) is 7.81. The molecule has 1 saturated heterocycles. The third-order valence-corrected chi connectivity index (χ3v) is 4.30. The molecule has 1 fully saturated rings. The summed E-state index contributed by atoms with van der Waals surface area (Å²) in [6, 6.07) is 9.60. The first kappa shape index (κ1) is 21.8. The Morgan fingerprint density at radius 1 is 1.04 bits per heavy atom. The molecule has 2 aromatic rings. The van der Waals surface area contributed by atoms with Crippen LogP contribution in [0.3, 0.4) is 0 Å². The summed E-state index contributed by atoms with van der Waals surface area (Å²) in [4.78, 5) is 1.81. The molecular formula is C17H21Cl2F3N2O. The largest absolute Gasteiger partial charge is 0.508 e. The van der Waals surface area contributed by atoms with Crippen molar-refractivity contribution in [3.05, 3.63) is 42.0 Å². The van der Waals surface area contributed by atoms with Crippen LogP contribution < -0.4 is 5.32 Å². The van der Waals surface area contributed by atoms with Crippen LogP contribution in [-0.2, 0) is 0 Å². The number of nitrogens with one attached hydrogen (secondary N) is 1. The number of phenolic OH excluding ortho intramolecular Hbond substituents is 1. The molecule has 1 aliphatic heterocycles. The number of hydrogen-bond donors (Lipinski definition) is 2. The second-order valence-electron chi connectivity index (χ2n) is 5.84. The first-order valence-corrected chi connectivity index (χ1v) is 7.68. The number of rotatable bonds is 3. The van der Waals surface area contributed by atoms with Gasteiger partial charge in [0.05, 0.1) is 6.42 Å². The molecule has 140 valence electrons. The molecule has 1 atom stereocenters. The number of hydrogen-bond acceptors (Lipinski definition) is 3. The fourth-order valence-electron chi connectivity index (χ4n) is 3.26. The molecule has 2 N–H and O–H groups in total. The van der Waals surface area contributed by atoms with Crippen molar-refractivity contribution in [1.29, 1.82) is 0 Å². The minimum Gasteiger partial charge on any atom is -0.508 e. The Morgan fingerprint density at radius 3 is 2.32 bits per heavy atom. The lowest BCUT2D eigenvalue weighted by Gasteiger charge is -2.36. The zero-order valence-corrected chi connectivity index (χ0v) is 15.1. The van der Waals surface area contributed by atoms with Crippen LogP contribution in [0.5, 0.6) is 5.75 Å². The molecule has 25 heavy (non-hydrogen) atoms. The Hall–Kier alpha value is -1.21. The molecule has 0 aromatic heterocycles. The molecule has 0 saturated carbocycles. The average Bonchev–Trinajstić information content (AvgIpc) is 2.53. The second kappa shape index (κ2) is 8.94. The van der Waals surface area contributed by atoms with Gasteiger partial charge >= 0.3 is 6.18 Å². The molecule has 1 aliphatic rings. The summed E-state index contributed by atoms with van der Waals surface area (Å²) in [5.41, 5.74) is 0.377. The topological polar surface area (TPSA) is 35.5 Å². The van der Waals surface area contributed by atoms with Crippen molar-refractivity contribution in [2.24, 2.45) is 0 Å². The van der Waals surface area contributed by atoms with E-state index in [-0.39, 0.29) is 30.6 Å². The van der Waals surface area contributed by atoms with E-state index in [4.69, 9.17) is 0 Å². The summed E-state index contributed by atoms with van der Waals surface area (Å²) >= 11 is 0. The van der Waals surface area contributed by atoms with Crippen LogP contribution in [0.1, 0.15) is 18.0 Å². The molecule has 2 aromatic carbocycles. The number of halogens is 5. The summed E-state index contributed by atoms with van der Waals surface area (Å²) < 4.78 is 39.5. The van der Waals surface area contributed by atoms with E-state index in [0.29, 0.717) is 37.1 Å². The van der Waals surface area contributed by atoms with Gasteiger partial charge in [0.1, 0.15) is 5.75 Å². The van der Waals surface area contributed by atoms with Crippen molar-refractivity contribution < 1.29 is 18.3 Å². The zero-order chi connectivity index (χ0) is 16.4. The monoisotopic (exact) mass is 396 g/mol. The van der Waals surface area contributed by atoms with E-state index in [1.165, 1.54) is 6.07 Å². The van der Waals surface area contributed by atoms with E-state index >= 15 is 0 Å². The molecule has 1 heterocycles. The Bertz CT molecular complexity index is 691. The molecule has 3 nitrogen and oxygen atoms in total. The quantitative estimate of drug-likeness (QED) is 0.812. The van der Waals surface area contributed by atoms with Gasteiger partial charge in [-0.05, 0) is 16.8 Å². The molecule has 0 aliphatic carbocycles. The highest BCUT2D eigenvalue weighted by molar-refractivity contribution is 5.88. The molecule has 3 rings (SSSR count). The molecular weight excluding hydrogens is 376 g/mol. The van der Waals surface area contributed by atoms with Crippen molar-refractivity contribution in [2.45, 2.75) is 18.6 Å². The number of nitrogens with zero attached hydrogens (tertiary/aromatic N) is 1. The highest BCUT2D eigenvalue weighted by Gasteiger charge is 2.37. The smallest absolute Gasteiger partial charge is 0.390 e. The van der Waals surface area contributed by atoms with Crippen LogP contribution in [0, 0.1) is 0 Å². The van der Waals surface area contributed by atoms with Gasteiger partial charge in [-0.15, -0.1) is 24.8 Å². The molecule has 8 heteroatoms. The van der Waals surface area contributed by atoms with Crippen LogP contribution >= 0.6 is 24.8 Å². The predicted octanol–water partition coefficient (Wildman–Crippen LogP) is 4.29. The minimum absolute atomic E-state index is 0. The first-order chi connectivity index (χ1) is 11.0. The van der Waals surface area contributed by atoms with E-state index in [1.807, 2.05) is 17.0 Å². The van der Waals surface area contributed by atoms with Gasteiger partial charge < -0.3 is 10.4 Å². The van der Waals surface area contributed by atoms with Crippen molar-refractivity contribution in [3.8, 4) is 5.75 Å². The fraction of sp³-hybridized carbons (Fsp3) is 0.412. The van der Waals surface area contributed by atoms with E-state index in [0.717, 1.165) is 5.39 Å². The lowest BCUT2D eigenvalue weighted by Crippen LogP contribution is -2.46. The number of benzene rings is 2. The van der Waals surface area contributed by atoms with Crippen molar-refractivity contribution in [2.75, 3.05) is 26.2 Å². The maximum atomic E-state index is 13.2. The molecule has 0 unspecified atom stereocenters. The van der Waals surface area contributed by atoms with Gasteiger partial charge in [0.2, 0.25) is 0 Å². The summed E-state index contributed by atoms with van der Waals surface area (Å²) in [5, 5.41) is 15.0. The standard InChI is InChI=1S/C17H19F3N2O.2ClH/c18-17(19,20)11-14(22-9-7-21-8-10-22)16-13-4-2-1-3-12(13)5-6-15(16)23;;/h1-6,14,21,23H,7-11H2;2*1H/t14-;;/m1../s1.